The molecule has 2 unspecified atom stereocenters. The van der Waals surface area contributed by atoms with Crippen molar-refractivity contribution in [1.82, 2.24) is 5.32 Å². The molecule has 0 radical (unpaired) electrons. The van der Waals surface area contributed by atoms with Crippen LogP contribution in [0.5, 0.6) is 5.75 Å². The summed E-state index contributed by atoms with van der Waals surface area (Å²) in [7, 11) is 1.53. The lowest BCUT2D eigenvalue weighted by Gasteiger charge is -2.15. The number of nitrogens with one attached hydrogen (secondary N) is 1. The highest BCUT2D eigenvalue weighted by molar-refractivity contribution is 5.95. The maximum absolute atomic E-state index is 12.0. The van der Waals surface area contributed by atoms with Gasteiger partial charge in [-0.3, -0.25) is 4.79 Å². The van der Waals surface area contributed by atoms with Crippen molar-refractivity contribution in [1.29, 1.82) is 0 Å². The minimum Gasteiger partial charge on any atom is -0.497 e. The molecule has 1 saturated carbocycles. The van der Waals surface area contributed by atoms with Crippen molar-refractivity contribution in [3.8, 4) is 5.75 Å². The first-order valence-electron chi connectivity index (χ1n) is 6.51. The summed E-state index contributed by atoms with van der Waals surface area (Å²) < 4.78 is 5.08. The maximum atomic E-state index is 12.0. The largest absolute Gasteiger partial charge is 0.497 e. The molecule has 1 aliphatic rings. The molecule has 1 aromatic carbocycles. The van der Waals surface area contributed by atoms with Crippen molar-refractivity contribution in [2.75, 3.05) is 19.4 Å². The van der Waals surface area contributed by atoms with E-state index in [0.717, 1.165) is 19.3 Å². The summed E-state index contributed by atoms with van der Waals surface area (Å²) in [6.45, 7) is 0.497. The van der Waals surface area contributed by atoms with Gasteiger partial charge in [0.1, 0.15) is 5.75 Å². The number of anilines is 1. The number of benzene rings is 1. The number of rotatable bonds is 4. The number of carbonyl (C=O) groups excluding carboxylic acids is 1. The van der Waals surface area contributed by atoms with Gasteiger partial charge in [-0.25, -0.2) is 0 Å². The van der Waals surface area contributed by atoms with Gasteiger partial charge in [0.05, 0.1) is 13.2 Å². The molecule has 0 bridgehead atoms. The highest BCUT2D eigenvalue weighted by Crippen LogP contribution is 2.25. The standard InChI is InChI=1S/C14H20N2O3/c1-19-12-6-10(5-11(15)7-12)14(18)16-8-9-3-2-4-13(9)17/h5-7,9,13,17H,2-4,8,15H2,1H3,(H,16,18). The van der Waals surface area contributed by atoms with E-state index < -0.39 is 0 Å². The number of hydrogen-bond acceptors (Lipinski definition) is 4. The normalized spacial score (nSPS) is 22.2. The molecule has 0 saturated heterocycles. The highest BCUT2D eigenvalue weighted by Gasteiger charge is 2.25. The topological polar surface area (TPSA) is 84.6 Å². The number of nitrogens with two attached hydrogens (primary N) is 1. The molecule has 5 nitrogen and oxygen atoms in total. The molecule has 0 aliphatic heterocycles. The van der Waals surface area contributed by atoms with E-state index >= 15 is 0 Å². The fraction of sp³-hybridized carbons (Fsp3) is 0.500. The zero-order valence-electron chi connectivity index (χ0n) is 11.1. The first-order chi connectivity index (χ1) is 9.10. The van der Waals surface area contributed by atoms with Gasteiger partial charge in [-0.2, -0.15) is 0 Å². The minimum absolute atomic E-state index is 0.159. The SMILES string of the molecule is COc1cc(N)cc(C(=O)NCC2CCCC2O)c1. The quantitative estimate of drug-likeness (QED) is 0.713. The Morgan fingerprint density at radius 2 is 2.26 bits per heavy atom. The summed E-state index contributed by atoms with van der Waals surface area (Å²) in [6, 6.07) is 4.93. The lowest BCUT2D eigenvalue weighted by molar-refractivity contribution is 0.0916. The number of ether oxygens (including phenoxy) is 1. The van der Waals surface area contributed by atoms with E-state index in [-0.39, 0.29) is 17.9 Å². The van der Waals surface area contributed by atoms with Crippen LogP contribution in [0.4, 0.5) is 5.69 Å². The molecule has 1 fully saturated rings. The van der Waals surface area contributed by atoms with Crippen LogP contribution >= 0.6 is 0 Å². The molecular weight excluding hydrogens is 244 g/mol. The summed E-state index contributed by atoms with van der Waals surface area (Å²) in [6.07, 6.45) is 2.51. The first kappa shape index (κ1) is 13.7. The van der Waals surface area contributed by atoms with Crippen molar-refractivity contribution in [3.63, 3.8) is 0 Å². The number of nitrogen functional groups attached to an aromatic ring is 1. The smallest absolute Gasteiger partial charge is 0.251 e. The van der Waals surface area contributed by atoms with Gasteiger partial charge in [0.2, 0.25) is 0 Å². The van der Waals surface area contributed by atoms with Crippen molar-refractivity contribution in [2.24, 2.45) is 5.92 Å². The van der Waals surface area contributed by atoms with E-state index in [1.807, 2.05) is 0 Å². The summed E-state index contributed by atoms with van der Waals surface area (Å²) in [5.41, 5.74) is 6.68. The molecule has 0 aromatic heterocycles. The third-order valence-electron chi connectivity index (χ3n) is 3.57. The van der Waals surface area contributed by atoms with Gasteiger partial charge in [0.25, 0.3) is 5.91 Å². The van der Waals surface area contributed by atoms with Gasteiger partial charge in [-0.15, -0.1) is 0 Å². The zero-order valence-corrected chi connectivity index (χ0v) is 11.1. The second kappa shape index (κ2) is 5.93. The Kier molecular flexibility index (Phi) is 4.27. The monoisotopic (exact) mass is 264 g/mol. The van der Waals surface area contributed by atoms with Gasteiger partial charge in [-0.1, -0.05) is 6.42 Å². The lowest BCUT2D eigenvalue weighted by Crippen LogP contribution is -2.32. The Morgan fingerprint density at radius 1 is 1.47 bits per heavy atom. The van der Waals surface area contributed by atoms with Crippen molar-refractivity contribution in [2.45, 2.75) is 25.4 Å². The number of methoxy groups -OCH3 is 1. The number of hydrogen-bond donors (Lipinski definition) is 3. The van der Waals surface area contributed by atoms with Crippen LogP contribution in [-0.2, 0) is 0 Å². The van der Waals surface area contributed by atoms with E-state index in [2.05, 4.69) is 5.32 Å². The maximum Gasteiger partial charge on any atom is 0.251 e. The van der Waals surface area contributed by atoms with E-state index in [1.165, 1.54) is 7.11 Å². The van der Waals surface area contributed by atoms with Gasteiger partial charge >= 0.3 is 0 Å². The van der Waals surface area contributed by atoms with E-state index in [9.17, 15) is 9.90 Å². The minimum atomic E-state index is -0.296. The molecule has 1 aromatic rings. The number of amides is 1. The second-order valence-corrected chi connectivity index (χ2v) is 4.96. The molecule has 4 N–H and O–H groups in total. The predicted molar refractivity (Wildman–Crippen MR) is 73.1 cm³/mol. The van der Waals surface area contributed by atoms with Gasteiger partial charge in [0.15, 0.2) is 0 Å². The third-order valence-corrected chi connectivity index (χ3v) is 3.57. The molecule has 2 rings (SSSR count). The van der Waals surface area contributed by atoms with Crippen LogP contribution in [0.15, 0.2) is 18.2 Å². The molecule has 0 heterocycles. The molecule has 1 amide bonds. The number of aliphatic hydroxyl groups is 1. The summed E-state index contributed by atoms with van der Waals surface area (Å²) in [5, 5.41) is 12.5. The number of carbonyl (C=O) groups is 1. The van der Waals surface area contributed by atoms with Crippen LogP contribution in [0.3, 0.4) is 0 Å². The highest BCUT2D eigenvalue weighted by atomic mass is 16.5. The van der Waals surface area contributed by atoms with E-state index in [0.29, 0.717) is 23.5 Å². The molecule has 2 atom stereocenters. The Labute approximate surface area is 112 Å². The molecular formula is C14H20N2O3. The van der Waals surface area contributed by atoms with Crippen molar-refractivity contribution >= 4 is 11.6 Å². The van der Waals surface area contributed by atoms with E-state index in [4.69, 9.17) is 10.5 Å². The molecule has 19 heavy (non-hydrogen) atoms. The molecule has 5 heteroatoms. The van der Waals surface area contributed by atoms with Gasteiger partial charge < -0.3 is 20.9 Å². The average molecular weight is 264 g/mol. The van der Waals surface area contributed by atoms with Crippen molar-refractivity contribution < 1.29 is 14.6 Å². The fourth-order valence-corrected chi connectivity index (χ4v) is 2.45. The van der Waals surface area contributed by atoms with Gasteiger partial charge in [-0.05, 0) is 25.0 Å². The van der Waals surface area contributed by atoms with Crippen LogP contribution in [0.1, 0.15) is 29.6 Å². The van der Waals surface area contributed by atoms with Crippen LogP contribution in [-0.4, -0.2) is 30.8 Å². The first-order valence-corrected chi connectivity index (χ1v) is 6.51. The predicted octanol–water partition coefficient (Wildman–Crippen LogP) is 1.17. The molecule has 1 aliphatic carbocycles. The summed E-state index contributed by atoms with van der Waals surface area (Å²) >= 11 is 0. The Morgan fingerprint density at radius 3 is 2.89 bits per heavy atom. The fourth-order valence-electron chi connectivity index (χ4n) is 2.45. The Balaban J connectivity index is 1.97. The summed E-state index contributed by atoms with van der Waals surface area (Å²) in [4.78, 5) is 12.0. The number of aliphatic hydroxyl groups excluding tert-OH is 1. The van der Waals surface area contributed by atoms with Crippen LogP contribution in [0.2, 0.25) is 0 Å². The lowest BCUT2D eigenvalue weighted by atomic mass is 10.1. The average Bonchev–Trinajstić information content (AvgIpc) is 2.80. The summed E-state index contributed by atoms with van der Waals surface area (Å²) in [5.74, 6) is 0.530. The second-order valence-electron chi connectivity index (χ2n) is 4.96. The Bertz CT molecular complexity index is 462. The zero-order chi connectivity index (χ0) is 13.8. The van der Waals surface area contributed by atoms with Crippen LogP contribution < -0.4 is 15.8 Å². The van der Waals surface area contributed by atoms with Crippen molar-refractivity contribution in [3.05, 3.63) is 23.8 Å². The van der Waals surface area contributed by atoms with Gasteiger partial charge in [0, 0.05) is 29.8 Å². The van der Waals surface area contributed by atoms with Crippen LogP contribution in [0, 0.1) is 5.92 Å². The molecule has 104 valence electrons. The Hall–Kier alpha value is -1.75. The molecule has 0 spiro atoms. The van der Waals surface area contributed by atoms with Crippen LogP contribution in [0.25, 0.3) is 0 Å². The van der Waals surface area contributed by atoms with E-state index in [1.54, 1.807) is 18.2 Å². The third kappa shape index (κ3) is 3.38.